The Morgan fingerprint density at radius 3 is 2.44 bits per heavy atom. The molecule has 1 saturated carbocycles. The Morgan fingerprint density at radius 1 is 1.50 bits per heavy atom. The van der Waals surface area contributed by atoms with E-state index >= 15 is 0 Å². The highest BCUT2D eigenvalue weighted by Gasteiger charge is 2.72. The lowest BCUT2D eigenvalue weighted by Gasteiger charge is -2.14. The predicted molar refractivity (Wildman–Crippen MR) is 56.2 cm³/mol. The summed E-state index contributed by atoms with van der Waals surface area (Å²) in [4.78, 5) is 24.3. The summed E-state index contributed by atoms with van der Waals surface area (Å²) in [5, 5.41) is 38.7. The second-order valence-electron chi connectivity index (χ2n) is 4.74. The van der Waals surface area contributed by atoms with E-state index in [1.807, 2.05) is 0 Å². The number of nitro groups is 1. The van der Waals surface area contributed by atoms with E-state index in [0.717, 1.165) is 4.57 Å². The maximum atomic E-state index is 11.1. The fraction of sp³-hybridized carbons (Fsp3) is 0.556. The first-order valence-electron chi connectivity index (χ1n) is 5.04. The average Bonchev–Trinajstić information content (AvgIpc) is 2.67. The molecule has 0 aliphatic heterocycles. The molecule has 98 valence electrons. The lowest BCUT2D eigenvalue weighted by atomic mass is 10.0. The van der Waals surface area contributed by atoms with E-state index in [1.54, 1.807) is 0 Å². The van der Waals surface area contributed by atoms with Gasteiger partial charge in [-0.2, -0.15) is 4.57 Å². The molecule has 2 rings (SSSR count). The molecule has 1 aliphatic rings. The standard InChI is InChI=1S/C9H11N3O6/c1-8(6(15)16)3-9(8,2)11-5(14)4(13)10-7(11)12(17)18/h13-14H,3H2,1-2H3,(H,15,16). The van der Waals surface area contributed by atoms with Crippen LogP contribution in [0.15, 0.2) is 0 Å². The number of imidazole rings is 1. The molecule has 9 heteroatoms. The van der Waals surface area contributed by atoms with Crippen LogP contribution in [-0.2, 0) is 10.3 Å². The van der Waals surface area contributed by atoms with Crippen LogP contribution in [0.25, 0.3) is 0 Å². The number of aliphatic carboxylic acids is 1. The number of rotatable bonds is 3. The minimum Gasteiger partial charge on any atom is -0.481 e. The Balaban J connectivity index is 2.61. The largest absolute Gasteiger partial charge is 0.481 e. The van der Waals surface area contributed by atoms with Crippen LogP contribution in [0, 0.1) is 15.5 Å². The van der Waals surface area contributed by atoms with Crippen LogP contribution in [-0.4, -0.2) is 35.8 Å². The normalized spacial score (nSPS) is 30.1. The molecule has 1 fully saturated rings. The Labute approximate surface area is 100 Å². The maximum absolute atomic E-state index is 11.1. The smallest absolute Gasteiger partial charge is 0.441 e. The van der Waals surface area contributed by atoms with E-state index in [9.17, 15) is 25.1 Å². The maximum Gasteiger partial charge on any atom is 0.441 e. The molecule has 0 radical (unpaired) electrons. The van der Waals surface area contributed by atoms with Gasteiger partial charge < -0.3 is 25.4 Å². The van der Waals surface area contributed by atoms with Crippen LogP contribution in [0.4, 0.5) is 5.95 Å². The van der Waals surface area contributed by atoms with Crippen molar-refractivity contribution in [2.75, 3.05) is 0 Å². The van der Waals surface area contributed by atoms with Gasteiger partial charge in [-0.05, 0) is 23.8 Å². The second-order valence-corrected chi connectivity index (χ2v) is 4.74. The molecule has 1 aliphatic carbocycles. The lowest BCUT2D eigenvalue weighted by molar-refractivity contribution is -0.397. The molecule has 0 spiro atoms. The first-order valence-corrected chi connectivity index (χ1v) is 5.04. The quantitative estimate of drug-likeness (QED) is 0.526. The molecule has 9 nitrogen and oxygen atoms in total. The highest BCUT2D eigenvalue weighted by Crippen LogP contribution is 2.64. The van der Waals surface area contributed by atoms with Crippen molar-refractivity contribution in [3.05, 3.63) is 10.1 Å². The third kappa shape index (κ3) is 1.21. The van der Waals surface area contributed by atoms with Gasteiger partial charge in [0.25, 0.3) is 0 Å². The minimum atomic E-state index is -1.25. The number of carboxylic acids is 1. The van der Waals surface area contributed by atoms with Crippen molar-refractivity contribution >= 4 is 11.9 Å². The molecular formula is C9H11N3O6. The van der Waals surface area contributed by atoms with E-state index in [4.69, 9.17) is 5.11 Å². The van der Waals surface area contributed by atoms with Gasteiger partial charge in [-0.15, -0.1) is 0 Å². The first-order chi connectivity index (χ1) is 8.15. The molecule has 2 atom stereocenters. The molecule has 0 saturated heterocycles. The van der Waals surface area contributed by atoms with E-state index in [0.29, 0.717) is 0 Å². The predicted octanol–water partition coefficient (Wildman–Crippen LogP) is 0.412. The number of carbonyl (C=O) groups is 1. The third-order valence-electron chi connectivity index (χ3n) is 3.71. The van der Waals surface area contributed by atoms with Gasteiger partial charge in [0.15, 0.2) is 0 Å². The first kappa shape index (κ1) is 12.1. The number of hydrogen-bond donors (Lipinski definition) is 3. The van der Waals surface area contributed by atoms with Gasteiger partial charge >= 0.3 is 23.7 Å². The van der Waals surface area contributed by atoms with Crippen LogP contribution in [0.2, 0.25) is 0 Å². The molecular weight excluding hydrogens is 246 g/mol. The monoisotopic (exact) mass is 257 g/mol. The van der Waals surface area contributed by atoms with Crippen LogP contribution in [0.5, 0.6) is 11.8 Å². The molecule has 1 aromatic heterocycles. The van der Waals surface area contributed by atoms with Crippen molar-refractivity contribution in [1.29, 1.82) is 0 Å². The summed E-state index contributed by atoms with van der Waals surface area (Å²) >= 11 is 0. The van der Waals surface area contributed by atoms with Gasteiger partial charge in [-0.1, -0.05) is 0 Å². The van der Waals surface area contributed by atoms with Crippen molar-refractivity contribution in [3.8, 4) is 11.8 Å². The highest BCUT2D eigenvalue weighted by atomic mass is 16.6. The van der Waals surface area contributed by atoms with Crippen molar-refractivity contribution in [2.24, 2.45) is 5.41 Å². The van der Waals surface area contributed by atoms with E-state index in [1.165, 1.54) is 13.8 Å². The van der Waals surface area contributed by atoms with Crippen LogP contribution in [0.3, 0.4) is 0 Å². The molecule has 2 unspecified atom stereocenters. The second kappa shape index (κ2) is 3.12. The molecule has 1 aromatic rings. The van der Waals surface area contributed by atoms with Crippen LogP contribution in [0.1, 0.15) is 20.3 Å². The summed E-state index contributed by atoms with van der Waals surface area (Å²) in [7, 11) is 0. The van der Waals surface area contributed by atoms with Gasteiger partial charge in [0, 0.05) is 6.42 Å². The van der Waals surface area contributed by atoms with E-state index < -0.39 is 39.6 Å². The summed E-state index contributed by atoms with van der Waals surface area (Å²) in [5.74, 6) is -3.60. The van der Waals surface area contributed by atoms with Crippen molar-refractivity contribution < 1.29 is 25.0 Å². The number of nitrogens with zero attached hydrogens (tertiary/aromatic N) is 3. The number of aromatic nitrogens is 2. The molecule has 18 heavy (non-hydrogen) atoms. The van der Waals surface area contributed by atoms with Gasteiger partial charge in [0.05, 0.1) is 0 Å². The Bertz CT molecular complexity index is 567. The van der Waals surface area contributed by atoms with Crippen molar-refractivity contribution in [1.82, 2.24) is 9.55 Å². The lowest BCUT2D eigenvalue weighted by Crippen LogP contribution is -2.27. The molecule has 0 amide bonds. The zero-order chi connectivity index (χ0) is 13.9. The zero-order valence-corrected chi connectivity index (χ0v) is 9.62. The average molecular weight is 257 g/mol. The Hall–Kier alpha value is -2.32. The van der Waals surface area contributed by atoms with Gasteiger partial charge in [-0.3, -0.25) is 4.79 Å². The zero-order valence-electron chi connectivity index (χ0n) is 9.62. The van der Waals surface area contributed by atoms with Crippen LogP contribution >= 0.6 is 0 Å². The van der Waals surface area contributed by atoms with E-state index in [2.05, 4.69) is 4.98 Å². The summed E-state index contributed by atoms with van der Waals surface area (Å²) in [6, 6.07) is 0. The van der Waals surface area contributed by atoms with Gasteiger partial charge in [0.1, 0.15) is 11.0 Å². The van der Waals surface area contributed by atoms with Gasteiger partial charge in [-0.25, -0.2) is 0 Å². The SMILES string of the molecule is CC1(C(=O)O)CC1(C)n1c([N+](=O)[O-])nc(O)c1O. The summed E-state index contributed by atoms with van der Waals surface area (Å²) in [6.07, 6.45) is 0.0968. The minimum absolute atomic E-state index is 0.0968. The Morgan fingerprint density at radius 2 is 2.06 bits per heavy atom. The molecule has 3 N–H and O–H groups in total. The fourth-order valence-electron chi connectivity index (χ4n) is 2.24. The Kier molecular flexibility index (Phi) is 2.10. The van der Waals surface area contributed by atoms with Crippen molar-refractivity contribution in [3.63, 3.8) is 0 Å². The molecule has 0 aromatic carbocycles. The summed E-state index contributed by atoms with van der Waals surface area (Å²) in [6.45, 7) is 2.87. The fourth-order valence-corrected chi connectivity index (χ4v) is 2.24. The van der Waals surface area contributed by atoms with Crippen LogP contribution < -0.4 is 0 Å². The number of aromatic hydroxyl groups is 2. The van der Waals surface area contributed by atoms with Crippen molar-refractivity contribution in [2.45, 2.75) is 25.8 Å². The number of carboxylic acid groups (broad SMARTS) is 1. The summed E-state index contributed by atoms with van der Waals surface area (Å²) in [5.41, 5.74) is -2.44. The van der Waals surface area contributed by atoms with E-state index in [-0.39, 0.29) is 6.42 Å². The third-order valence-corrected chi connectivity index (χ3v) is 3.71. The molecule has 1 heterocycles. The summed E-state index contributed by atoms with van der Waals surface area (Å²) < 4.78 is 0.760. The van der Waals surface area contributed by atoms with Gasteiger partial charge in [0.2, 0.25) is 0 Å². The topological polar surface area (TPSA) is 139 Å². The number of hydrogen-bond acceptors (Lipinski definition) is 6. The molecule has 0 bridgehead atoms. The highest BCUT2D eigenvalue weighted by molar-refractivity contribution is 5.80.